The lowest BCUT2D eigenvalue weighted by Crippen LogP contribution is -2.29. The molecule has 1 aliphatic rings. The van der Waals surface area contributed by atoms with Crippen molar-refractivity contribution >= 4 is 38.5 Å². The Morgan fingerprint density at radius 3 is 2.62 bits per heavy atom. The van der Waals surface area contributed by atoms with Gasteiger partial charge < -0.3 is 9.47 Å². The second-order valence-electron chi connectivity index (χ2n) is 4.67. The first kappa shape index (κ1) is 15.1. The molecule has 2 aromatic rings. The largest absolute Gasteiger partial charge is 0.486 e. The van der Waals surface area contributed by atoms with Crippen LogP contribution in [-0.2, 0) is 0 Å². The van der Waals surface area contributed by atoms with Gasteiger partial charge in [-0.3, -0.25) is 5.84 Å². The first-order chi connectivity index (χ1) is 10.2. The summed E-state index contributed by atoms with van der Waals surface area (Å²) in [6.45, 7) is 1.16. The molecule has 4 nitrogen and oxygen atoms in total. The Kier molecular flexibility index (Phi) is 4.68. The average molecular weight is 461 g/mol. The van der Waals surface area contributed by atoms with Crippen LogP contribution in [0.25, 0.3) is 0 Å². The van der Waals surface area contributed by atoms with Crippen LogP contribution in [0.3, 0.4) is 0 Å². The van der Waals surface area contributed by atoms with Crippen molar-refractivity contribution in [1.82, 2.24) is 5.43 Å². The topological polar surface area (TPSA) is 56.5 Å². The molecule has 1 atom stereocenters. The van der Waals surface area contributed by atoms with Crippen LogP contribution in [0.15, 0.2) is 40.9 Å². The van der Waals surface area contributed by atoms with E-state index in [0.717, 1.165) is 30.7 Å². The van der Waals surface area contributed by atoms with Gasteiger partial charge in [-0.25, -0.2) is 5.43 Å². The zero-order valence-electron chi connectivity index (χ0n) is 11.1. The smallest absolute Gasteiger partial charge is 0.161 e. The van der Waals surface area contributed by atoms with Crippen molar-refractivity contribution in [3.05, 3.63) is 55.6 Å². The molecule has 21 heavy (non-hydrogen) atoms. The Hall–Kier alpha value is -0.830. The van der Waals surface area contributed by atoms with Gasteiger partial charge in [-0.05, 0) is 64.0 Å². The summed E-state index contributed by atoms with van der Waals surface area (Å²) < 4.78 is 13.4. The molecule has 3 rings (SSSR count). The monoisotopic (exact) mass is 460 g/mol. The van der Waals surface area contributed by atoms with Crippen LogP contribution in [0.5, 0.6) is 11.5 Å². The predicted molar refractivity (Wildman–Crippen MR) is 93.5 cm³/mol. The molecule has 6 heteroatoms. The van der Waals surface area contributed by atoms with Crippen LogP contribution < -0.4 is 20.7 Å². The molecule has 0 aromatic heterocycles. The van der Waals surface area contributed by atoms with Crippen molar-refractivity contribution in [1.29, 1.82) is 0 Å². The molecule has 0 spiro atoms. The quantitative estimate of drug-likeness (QED) is 0.419. The SMILES string of the molecule is NNC(c1ccc2c(c1)OCCO2)c1cc(I)ccc1Br. The normalized spacial score (nSPS) is 14.8. The summed E-state index contributed by atoms with van der Waals surface area (Å²) in [5.41, 5.74) is 5.00. The van der Waals surface area contributed by atoms with Gasteiger partial charge >= 0.3 is 0 Å². The summed E-state index contributed by atoms with van der Waals surface area (Å²) in [6, 6.07) is 12.0. The first-order valence-corrected chi connectivity index (χ1v) is 8.37. The van der Waals surface area contributed by atoms with Crippen LogP contribution in [0.4, 0.5) is 0 Å². The minimum absolute atomic E-state index is 0.120. The van der Waals surface area contributed by atoms with Crippen LogP contribution in [0, 0.1) is 3.57 Å². The van der Waals surface area contributed by atoms with Crippen molar-refractivity contribution in [2.45, 2.75) is 6.04 Å². The maximum Gasteiger partial charge on any atom is 0.161 e. The molecule has 2 aromatic carbocycles. The van der Waals surface area contributed by atoms with Crippen LogP contribution >= 0.6 is 38.5 Å². The Balaban J connectivity index is 2.01. The molecule has 0 saturated heterocycles. The number of nitrogens with two attached hydrogens (primary N) is 1. The summed E-state index contributed by atoms with van der Waals surface area (Å²) in [4.78, 5) is 0. The van der Waals surface area contributed by atoms with Crippen molar-refractivity contribution in [3.8, 4) is 11.5 Å². The number of benzene rings is 2. The fraction of sp³-hybridized carbons (Fsp3) is 0.200. The summed E-state index contributed by atoms with van der Waals surface area (Å²) in [6.07, 6.45) is 0. The molecule has 1 unspecified atom stereocenters. The molecule has 0 amide bonds. The van der Waals surface area contributed by atoms with Crippen LogP contribution in [0.1, 0.15) is 17.2 Å². The van der Waals surface area contributed by atoms with Crippen molar-refractivity contribution in [3.63, 3.8) is 0 Å². The molecule has 1 heterocycles. The number of hydrogen-bond donors (Lipinski definition) is 2. The molecule has 110 valence electrons. The first-order valence-electron chi connectivity index (χ1n) is 6.49. The van der Waals surface area contributed by atoms with Gasteiger partial charge in [0.15, 0.2) is 11.5 Å². The number of fused-ring (bicyclic) bond motifs is 1. The lowest BCUT2D eigenvalue weighted by atomic mass is 9.99. The molecular formula is C15H14BrIN2O2. The highest BCUT2D eigenvalue weighted by Crippen LogP contribution is 2.36. The molecular weight excluding hydrogens is 447 g/mol. The molecule has 0 aliphatic carbocycles. The van der Waals surface area contributed by atoms with Crippen molar-refractivity contribution < 1.29 is 9.47 Å². The summed E-state index contributed by atoms with van der Waals surface area (Å²) in [7, 11) is 0. The minimum atomic E-state index is -0.120. The van der Waals surface area contributed by atoms with E-state index in [0.29, 0.717) is 13.2 Å². The third-order valence-electron chi connectivity index (χ3n) is 3.34. The van der Waals surface area contributed by atoms with E-state index in [1.807, 2.05) is 30.3 Å². The summed E-state index contributed by atoms with van der Waals surface area (Å²) in [5.74, 6) is 7.33. The molecule has 0 radical (unpaired) electrons. The maximum atomic E-state index is 5.79. The second kappa shape index (κ2) is 6.51. The van der Waals surface area contributed by atoms with Gasteiger partial charge in [0.05, 0.1) is 6.04 Å². The van der Waals surface area contributed by atoms with Gasteiger partial charge in [-0.1, -0.05) is 22.0 Å². The van der Waals surface area contributed by atoms with E-state index in [-0.39, 0.29) is 6.04 Å². The summed E-state index contributed by atoms with van der Waals surface area (Å²) >= 11 is 5.88. The Morgan fingerprint density at radius 1 is 1.10 bits per heavy atom. The number of ether oxygens (including phenoxy) is 2. The average Bonchev–Trinajstić information content (AvgIpc) is 2.51. The fourth-order valence-corrected chi connectivity index (χ4v) is 3.33. The van der Waals surface area contributed by atoms with E-state index >= 15 is 0 Å². The molecule has 0 saturated carbocycles. The third kappa shape index (κ3) is 3.18. The third-order valence-corrected chi connectivity index (χ3v) is 4.73. The highest BCUT2D eigenvalue weighted by molar-refractivity contribution is 14.1. The van der Waals surface area contributed by atoms with Crippen molar-refractivity contribution in [2.75, 3.05) is 13.2 Å². The zero-order chi connectivity index (χ0) is 14.8. The Bertz CT molecular complexity index is 666. The van der Waals surface area contributed by atoms with Gasteiger partial charge in [-0.2, -0.15) is 0 Å². The Labute approximate surface area is 145 Å². The zero-order valence-corrected chi connectivity index (χ0v) is 14.8. The number of rotatable bonds is 3. The van der Waals surface area contributed by atoms with E-state index in [4.69, 9.17) is 15.3 Å². The van der Waals surface area contributed by atoms with E-state index in [1.165, 1.54) is 0 Å². The number of hydrazine groups is 1. The number of hydrogen-bond acceptors (Lipinski definition) is 4. The minimum Gasteiger partial charge on any atom is -0.486 e. The van der Waals surface area contributed by atoms with Gasteiger partial charge in [0.2, 0.25) is 0 Å². The number of halogens is 2. The Morgan fingerprint density at radius 2 is 1.86 bits per heavy atom. The van der Waals surface area contributed by atoms with Crippen molar-refractivity contribution in [2.24, 2.45) is 5.84 Å². The highest BCUT2D eigenvalue weighted by atomic mass is 127. The van der Waals surface area contributed by atoms with E-state index in [9.17, 15) is 0 Å². The van der Waals surface area contributed by atoms with Crippen LogP contribution in [0.2, 0.25) is 0 Å². The highest BCUT2D eigenvalue weighted by Gasteiger charge is 2.19. The molecule has 3 N–H and O–H groups in total. The van der Waals surface area contributed by atoms with Gasteiger partial charge in [0, 0.05) is 8.04 Å². The standard InChI is InChI=1S/C15H14BrIN2O2/c16-12-3-2-10(17)8-11(12)15(19-18)9-1-4-13-14(7-9)21-6-5-20-13/h1-4,7-8,15,19H,5-6,18H2. The van der Waals surface area contributed by atoms with E-state index < -0.39 is 0 Å². The van der Waals surface area contributed by atoms with Gasteiger partial charge in [-0.15, -0.1) is 0 Å². The van der Waals surface area contributed by atoms with Gasteiger partial charge in [0.1, 0.15) is 13.2 Å². The van der Waals surface area contributed by atoms with E-state index in [1.54, 1.807) is 0 Å². The summed E-state index contributed by atoms with van der Waals surface area (Å²) in [5, 5.41) is 0. The fourth-order valence-electron chi connectivity index (χ4n) is 2.34. The number of nitrogens with one attached hydrogen (secondary N) is 1. The lowest BCUT2D eigenvalue weighted by Gasteiger charge is -2.23. The maximum absolute atomic E-state index is 5.79. The predicted octanol–water partition coefficient (Wildman–Crippen LogP) is 3.38. The second-order valence-corrected chi connectivity index (χ2v) is 6.77. The van der Waals surface area contributed by atoms with Crippen LogP contribution in [-0.4, -0.2) is 13.2 Å². The molecule has 1 aliphatic heterocycles. The van der Waals surface area contributed by atoms with E-state index in [2.05, 4.69) is 50.0 Å². The molecule has 0 bridgehead atoms. The lowest BCUT2D eigenvalue weighted by molar-refractivity contribution is 0.171. The van der Waals surface area contributed by atoms with Gasteiger partial charge in [0.25, 0.3) is 0 Å². The molecule has 0 fully saturated rings.